The number of carboxylic acid groups (broad SMARTS) is 1. The highest BCUT2D eigenvalue weighted by molar-refractivity contribution is 5.79. The highest BCUT2D eigenvalue weighted by Crippen LogP contribution is 2.18. The van der Waals surface area contributed by atoms with E-state index >= 15 is 0 Å². The Labute approximate surface area is 163 Å². The Balaban J connectivity index is 1.90. The molecule has 1 atom stereocenters. The van der Waals surface area contributed by atoms with Gasteiger partial charge in [0, 0.05) is 6.54 Å². The molecule has 0 saturated carbocycles. The summed E-state index contributed by atoms with van der Waals surface area (Å²) in [5.41, 5.74) is 1.32. The van der Waals surface area contributed by atoms with Crippen molar-refractivity contribution < 1.29 is 28.6 Å². The Hall–Kier alpha value is -3.09. The van der Waals surface area contributed by atoms with Crippen LogP contribution in [-0.2, 0) is 22.4 Å². The maximum Gasteiger partial charge on any atom is 0.308 e. The first-order chi connectivity index (χ1) is 13.4. The molecule has 0 heterocycles. The Kier molecular flexibility index (Phi) is 7.80. The van der Waals surface area contributed by atoms with Gasteiger partial charge < -0.3 is 19.9 Å². The molecule has 0 bridgehead atoms. The first kappa shape index (κ1) is 21.2. The fraction of sp³-hybridized carbons (Fsp3) is 0.333. The average Bonchev–Trinajstić information content (AvgIpc) is 2.66. The first-order valence-corrected chi connectivity index (χ1v) is 8.96. The minimum atomic E-state index is -0.996. The molecular weight excluding hydrogens is 365 g/mol. The number of carboxylic acids is 1. The summed E-state index contributed by atoms with van der Waals surface area (Å²) in [6.07, 6.45) is 0.232. The molecule has 28 heavy (non-hydrogen) atoms. The molecule has 0 aliphatic carbocycles. The molecule has 150 valence electrons. The molecular formula is C21H24FNO5. The van der Waals surface area contributed by atoms with E-state index in [0.717, 1.165) is 11.3 Å². The van der Waals surface area contributed by atoms with Crippen LogP contribution in [0.3, 0.4) is 0 Å². The van der Waals surface area contributed by atoms with E-state index in [1.807, 2.05) is 19.1 Å². The van der Waals surface area contributed by atoms with Gasteiger partial charge in [0.25, 0.3) is 0 Å². The van der Waals surface area contributed by atoms with E-state index in [1.165, 1.54) is 19.2 Å². The van der Waals surface area contributed by atoms with Crippen LogP contribution in [0.25, 0.3) is 0 Å². The maximum atomic E-state index is 13.7. The van der Waals surface area contributed by atoms with E-state index in [9.17, 15) is 19.1 Å². The summed E-state index contributed by atoms with van der Waals surface area (Å²) in [4.78, 5) is 23.6. The van der Waals surface area contributed by atoms with Crippen molar-refractivity contribution in [2.45, 2.75) is 19.8 Å². The summed E-state index contributed by atoms with van der Waals surface area (Å²) in [6.45, 7) is 2.43. The molecule has 0 saturated heterocycles. The molecule has 0 fully saturated rings. The van der Waals surface area contributed by atoms with Gasteiger partial charge in [-0.25, -0.2) is 4.39 Å². The van der Waals surface area contributed by atoms with Crippen LogP contribution in [0.1, 0.15) is 18.1 Å². The highest BCUT2D eigenvalue weighted by atomic mass is 19.1. The zero-order chi connectivity index (χ0) is 20.5. The normalized spacial score (nSPS) is 11.5. The van der Waals surface area contributed by atoms with E-state index in [4.69, 9.17) is 9.47 Å². The van der Waals surface area contributed by atoms with Gasteiger partial charge in [0.05, 0.1) is 26.1 Å². The van der Waals surface area contributed by atoms with Gasteiger partial charge in [-0.05, 0) is 48.7 Å². The molecule has 0 radical (unpaired) electrons. The molecule has 2 aromatic carbocycles. The fourth-order valence-electron chi connectivity index (χ4n) is 2.72. The first-order valence-electron chi connectivity index (χ1n) is 8.96. The lowest BCUT2D eigenvalue weighted by Gasteiger charge is -2.14. The molecule has 2 rings (SSSR count). The molecule has 2 aromatic rings. The van der Waals surface area contributed by atoms with Crippen molar-refractivity contribution in [2.75, 3.05) is 20.3 Å². The van der Waals surface area contributed by atoms with E-state index in [-0.39, 0.29) is 31.0 Å². The second kappa shape index (κ2) is 10.3. The van der Waals surface area contributed by atoms with Gasteiger partial charge in [-0.2, -0.15) is 0 Å². The number of aliphatic carboxylic acids is 1. The Morgan fingerprint density at radius 1 is 1.14 bits per heavy atom. The minimum Gasteiger partial charge on any atom is -0.494 e. The summed E-state index contributed by atoms with van der Waals surface area (Å²) in [6, 6.07) is 11.5. The zero-order valence-corrected chi connectivity index (χ0v) is 15.9. The van der Waals surface area contributed by atoms with Crippen molar-refractivity contribution in [1.29, 1.82) is 0 Å². The number of benzene rings is 2. The summed E-state index contributed by atoms with van der Waals surface area (Å²) >= 11 is 0. The molecule has 1 amide bonds. The van der Waals surface area contributed by atoms with Gasteiger partial charge in [0.1, 0.15) is 5.75 Å². The predicted octanol–water partition coefficient (Wildman–Crippen LogP) is 2.84. The van der Waals surface area contributed by atoms with Crippen LogP contribution in [0.4, 0.5) is 4.39 Å². The smallest absolute Gasteiger partial charge is 0.308 e. The number of carbonyl (C=O) groups is 2. The van der Waals surface area contributed by atoms with Gasteiger partial charge in [0.2, 0.25) is 5.91 Å². The number of halogens is 1. The molecule has 6 nitrogen and oxygen atoms in total. The number of ether oxygens (including phenoxy) is 2. The van der Waals surface area contributed by atoms with Crippen molar-refractivity contribution in [2.24, 2.45) is 5.92 Å². The minimum absolute atomic E-state index is 0.0139. The quantitative estimate of drug-likeness (QED) is 0.653. The number of nitrogens with one attached hydrogen (secondary N) is 1. The molecule has 0 spiro atoms. The largest absolute Gasteiger partial charge is 0.494 e. The zero-order valence-electron chi connectivity index (χ0n) is 15.9. The van der Waals surface area contributed by atoms with Crippen molar-refractivity contribution in [1.82, 2.24) is 5.32 Å². The third kappa shape index (κ3) is 6.26. The number of rotatable bonds is 10. The fourth-order valence-corrected chi connectivity index (χ4v) is 2.72. The highest BCUT2D eigenvalue weighted by Gasteiger charge is 2.19. The van der Waals surface area contributed by atoms with Crippen molar-refractivity contribution in [3.8, 4) is 11.5 Å². The van der Waals surface area contributed by atoms with Crippen LogP contribution < -0.4 is 14.8 Å². The van der Waals surface area contributed by atoms with E-state index in [0.29, 0.717) is 12.2 Å². The van der Waals surface area contributed by atoms with Crippen molar-refractivity contribution in [3.05, 3.63) is 59.4 Å². The second-order valence-electron chi connectivity index (χ2n) is 6.27. The maximum absolute atomic E-state index is 13.7. The molecule has 0 aromatic heterocycles. The lowest BCUT2D eigenvalue weighted by molar-refractivity contribution is -0.141. The standard InChI is InChI=1S/C21H24FNO5/c1-3-28-17-7-4-14(5-8-17)10-16(21(25)26)13-23-20(24)12-15-6-9-19(27-2)18(22)11-15/h4-9,11,16H,3,10,12-13H2,1-2H3,(H,23,24)(H,25,26). The third-order valence-corrected chi connectivity index (χ3v) is 4.19. The number of carbonyl (C=O) groups excluding carboxylic acids is 1. The summed E-state index contributed by atoms with van der Waals surface area (Å²) in [5, 5.41) is 12.0. The van der Waals surface area contributed by atoms with Gasteiger partial charge >= 0.3 is 5.97 Å². The number of hydrogen-bond acceptors (Lipinski definition) is 4. The Bertz CT molecular complexity index is 807. The summed E-state index contributed by atoms with van der Waals surface area (Å²) < 4.78 is 23.9. The van der Waals surface area contributed by atoms with E-state index < -0.39 is 17.7 Å². The Morgan fingerprint density at radius 2 is 1.82 bits per heavy atom. The number of amides is 1. The molecule has 0 aliphatic rings. The molecule has 2 N–H and O–H groups in total. The second-order valence-corrected chi connectivity index (χ2v) is 6.27. The number of hydrogen-bond donors (Lipinski definition) is 2. The van der Waals surface area contributed by atoms with Gasteiger partial charge in [0.15, 0.2) is 11.6 Å². The van der Waals surface area contributed by atoms with E-state index in [1.54, 1.807) is 18.2 Å². The number of methoxy groups -OCH3 is 1. The van der Waals surface area contributed by atoms with Crippen LogP contribution in [0.15, 0.2) is 42.5 Å². The van der Waals surface area contributed by atoms with E-state index in [2.05, 4.69) is 5.32 Å². The van der Waals surface area contributed by atoms with Gasteiger partial charge in [-0.15, -0.1) is 0 Å². The SMILES string of the molecule is CCOc1ccc(CC(CNC(=O)Cc2ccc(OC)c(F)c2)C(=O)O)cc1. The monoisotopic (exact) mass is 389 g/mol. The van der Waals surface area contributed by atoms with Crippen LogP contribution in [0.2, 0.25) is 0 Å². The predicted molar refractivity (Wildman–Crippen MR) is 102 cm³/mol. The third-order valence-electron chi connectivity index (χ3n) is 4.19. The van der Waals surface area contributed by atoms with Gasteiger partial charge in [-0.1, -0.05) is 18.2 Å². The van der Waals surface area contributed by atoms with Crippen LogP contribution in [0, 0.1) is 11.7 Å². The lowest BCUT2D eigenvalue weighted by atomic mass is 9.99. The van der Waals surface area contributed by atoms with Crippen molar-refractivity contribution >= 4 is 11.9 Å². The molecule has 7 heteroatoms. The van der Waals surface area contributed by atoms with Gasteiger partial charge in [-0.3, -0.25) is 9.59 Å². The molecule has 1 unspecified atom stereocenters. The lowest BCUT2D eigenvalue weighted by Crippen LogP contribution is -2.34. The summed E-state index contributed by atoms with van der Waals surface area (Å²) in [7, 11) is 1.36. The molecule has 0 aliphatic heterocycles. The average molecular weight is 389 g/mol. The van der Waals surface area contributed by atoms with Crippen LogP contribution in [-0.4, -0.2) is 37.2 Å². The topological polar surface area (TPSA) is 84.9 Å². The summed E-state index contributed by atoms with van der Waals surface area (Å²) in [5.74, 6) is -1.86. The van der Waals surface area contributed by atoms with Crippen molar-refractivity contribution in [3.63, 3.8) is 0 Å². The van der Waals surface area contributed by atoms with Crippen LogP contribution >= 0.6 is 0 Å². The van der Waals surface area contributed by atoms with Crippen LogP contribution in [0.5, 0.6) is 11.5 Å². The Morgan fingerprint density at radius 3 is 2.39 bits per heavy atom.